The van der Waals surface area contributed by atoms with E-state index in [-0.39, 0.29) is 0 Å². The molecule has 0 spiro atoms. The van der Waals surface area contributed by atoms with E-state index in [2.05, 4.69) is 31.6 Å². The Bertz CT molecular complexity index is 1830. The fourth-order valence-electron chi connectivity index (χ4n) is 3.69. The monoisotopic (exact) mass is 1190 g/mol. The Balaban J connectivity index is 7.02. The summed E-state index contributed by atoms with van der Waals surface area (Å²) in [7, 11) is -8.04. The van der Waals surface area contributed by atoms with Gasteiger partial charge in [-0.2, -0.15) is 184 Å². The molecule has 416 valence electrons. The Morgan fingerprint density at radius 2 is 0.348 bits per heavy atom. The summed E-state index contributed by atoms with van der Waals surface area (Å²) in [5.74, 6) is -166. The molecule has 0 bridgehead atoms. The Morgan fingerprint density at radius 3 is 0.478 bits per heavy atom. The van der Waals surface area contributed by atoms with Crippen LogP contribution < -0.4 is 0 Å². The molecule has 0 aliphatic rings. The Kier molecular flexibility index (Phi) is 16.3. The summed E-state index contributed by atoms with van der Waals surface area (Å²) in [6, 6.07) is 0. The van der Waals surface area contributed by atoms with Gasteiger partial charge in [0.25, 0.3) is 0 Å². The van der Waals surface area contributed by atoms with Crippen molar-refractivity contribution in [2.24, 2.45) is 0 Å². The lowest BCUT2D eigenvalue weighted by Crippen LogP contribution is -2.77. The fourth-order valence-corrected chi connectivity index (χ4v) is 4.58. The molecule has 0 radical (unpaired) electrons. The van der Waals surface area contributed by atoms with Crippen molar-refractivity contribution >= 4 is 33.6 Å². The molecule has 4 nitrogen and oxygen atoms in total. The summed E-state index contributed by atoms with van der Waals surface area (Å²) < 4.78 is 570. The van der Waals surface area contributed by atoms with Crippen molar-refractivity contribution in [1.29, 1.82) is 0 Å². The predicted octanol–water partition coefficient (Wildman–Crippen LogP) is 13.4. The first kappa shape index (κ1) is 66.7. The number of rotatable bonds is 24. The van der Waals surface area contributed by atoms with Crippen LogP contribution in [-0.4, -0.2) is 139 Å². The number of alkyl halides is 42. The van der Waals surface area contributed by atoms with Crippen LogP contribution in [0.4, 0.5) is 176 Å². The molecular formula is C22H4Cl2F40O4S. The molecule has 69 heavy (non-hydrogen) atoms. The second-order valence-corrected chi connectivity index (χ2v) is 14.8. The van der Waals surface area contributed by atoms with Crippen LogP contribution in [0.2, 0.25) is 0 Å². The summed E-state index contributed by atoms with van der Waals surface area (Å²) in [4.78, 5) is 0. The van der Waals surface area contributed by atoms with Gasteiger partial charge in [0, 0.05) is 0 Å². The second kappa shape index (κ2) is 16.8. The summed E-state index contributed by atoms with van der Waals surface area (Å²) in [5.41, 5.74) is 0. The maximum absolute atomic E-state index is 13.9. The van der Waals surface area contributed by atoms with E-state index in [1.54, 1.807) is 0 Å². The molecule has 0 saturated heterocycles. The molecule has 0 aromatic rings. The maximum Gasteiger partial charge on any atom is 0.400 e. The van der Waals surface area contributed by atoms with Crippen molar-refractivity contribution in [2.45, 2.75) is 117 Å². The van der Waals surface area contributed by atoms with Crippen molar-refractivity contribution in [2.75, 3.05) is 13.2 Å². The van der Waals surface area contributed by atoms with Crippen molar-refractivity contribution in [1.82, 2.24) is 0 Å². The zero-order chi connectivity index (χ0) is 57.3. The van der Waals surface area contributed by atoms with Gasteiger partial charge in [-0.05, 0) is 23.2 Å². The molecule has 0 N–H and O–H groups in total. The zero-order valence-corrected chi connectivity index (χ0v) is 31.7. The molecule has 0 amide bonds. The third-order valence-corrected chi connectivity index (χ3v) is 9.21. The van der Waals surface area contributed by atoms with Gasteiger partial charge in [-0.1, -0.05) is 0 Å². The number of hydrogen-bond donors (Lipinski definition) is 0. The highest BCUT2D eigenvalue weighted by molar-refractivity contribution is 7.81. The van der Waals surface area contributed by atoms with E-state index < -0.39 is 141 Å². The van der Waals surface area contributed by atoms with Crippen LogP contribution in [-0.2, 0) is 18.8 Å². The van der Waals surface area contributed by atoms with Crippen LogP contribution in [0.25, 0.3) is 0 Å². The van der Waals surface area contributed by atoms with E-state index in [1.165, 1.54) is 0 Å². The molecule has 0 aromatic carbocycles. The first-order valence-electron chi connectivity index (χ1n) is 14.4. The largest absolute Gasteiger partial charge is 0.400 e. The van der Waals surface area contributed by atoms with Gasteiger partial charge in [0.15, 0.2) is 0 Å². The minimum Gasteiger partial charge on any atom is -0.242 e. The molecule has 0 aliphatic carbocycles. The van der Waals surface area contributed by atoms with Crippen LogP contribution in [0.3, 0.4) is 0 Å². The van der Waals surface area contributed by atoms with Crippen LogP contribution in [0.15, 0.2) is 0 Å². The lowest BCUT2D eigenvalue weighted by atomic mass is 9.86. The summed E-state index contributed by atoms with van der Waals surface area (Å²) >= 11 is 6.37. The third kappa shape index (κ3) is 8.82. The highest BCUT2D eigenvalue weighted by Crippen LogP contribution is 2.69. The van der Waals surface area contributed by atoms with Gasteiger partial charge in [0.05, 0.1) is 0 Å². The first-order chi connectivity index (χ1) is 28.9. The fraction of sp³-hybridized carbons (Fsp3) is 1.00. The summed E-state index contributed by atoms with van der Waals surface area (Å²) in [5, 5.41) is -14.8. The lowest BCUT2D eigenvalue weighted by Gasteiger charge is -2.44. The zero-order valence-electron chi connectivity index (χ0n) is 29.3. The van der Waals surface area contributed by atoms with Crippen LogP contribution in [0, 0.1) is 0 Å². The SMILES string of the molecule is O=S(=O)(OCC(F)(F)C(F)(F)C(F)(F)C(F)(F)C(F)(F)C(F)(F)C(F)(F)C(F)(F)C(F)(F)C(F)(F)Cl)OCC(F)(F)C(F)(F)C(F)(F)C(F)(F)C(F)(F)C(F)(F)C(F)(F)C(F)(F)C(F)(F)C(F)(F)Cl. The standard InChI is InChI=1S/C22H4Cl2F40O4S/c23-21(61,62)19(57,58)17(53,54)15(49,50)13(45,46)11(41,42)9(37,38)7(33,34)5(29,30)3(25,26)1-67-69(65,66)68-2-4(27,28)6(31,32)8(35,36)10(39,40)12(43,44)14(47,48)16(51,52)18(55,56)20(59,60)22(24,63)64/h1-2H2. The van der Waals surface area contributed by atoms with Gasteiger partial charge < -0.3 is 0 Å². The molecule has 47 heteroatoms. The smallest absolute Gasteiger partial charge is 0.242 e. The van der Waals surface area contributed by atoms with E-state index in [0.717, 1.165) is 0 Å². The molecular weight excluding hydrogens is 1190 g/mol. The van der Waals surface area contributed by atoms with E-state index in [4.69, 9.17) is 0 Å². The topological polar surface area (TPSA) is 52.6 Å². The Labute approximate surface area is 357 Å². The first-order valence-corrected chi connectivity index (χ1v) is 16.5. The molecule has 0 saturated carbocycles. The summed E-state index contributed by atoms with van der Waals surface area (Å²) in [6.07, 6.45) is 0. The highest BCUT2D eigenvalue weighted by Gasteiger charge is 2.99. The van der Waals surface area contributed by atoms with Gasteiger partial charge in [0.1, 0.15) is 13.2 Å². The van der Waals surface area contributed by atoms with E-state index in [0.29, 0.717) is 0 Å². The third-order valence-electron chi connectivity index (χ3n) is 7.92. The molecule has 0 fully saturated rings. The predicted molar refractivity (Wildman–Crippen MR) is 131 cm³/mol. The van der Waals surface area contributed by atoms with E-state index in [9.17, 15) is 184 Å². The number of halogens is 42. The van der Waals surface area contributed by atoms with Gasteiger partial charge in [-0.3, -0.25) is 0 Å². The second-order valence-electron chi connectivity index (χ2n) is 12.5. The van der Waals surface area contributed by atoms with E-state index in [1.807, 2.05) is 0 Å². The average molecular weight is 1200 g/mol. The molecule has 0 aromatic heterocycles. The normalized spacial score (nSPS) is 17.2. The van der Waals surface area contributed by atoms with Crippen molar-refractivity contribution in [3.05, 3.63) is 0 Å². The van der Waals surface area contributed by atoms with Crippen molar-refractivity contribution < 1.29 is 192 Å². The molecule has 0 unspecified atom stereocenters. The molecule has 0 heterocycles. The van der Waals surface area contributed by atoms with Crippen molar-refractivity contribution in [3.8, 4) is 0 Å². The van der Waals surface area contributed by atoms with Gasteiger partial charge >= 0.3 is 128 Å². The maximum atomic E-state index is 13.9. The quantitative estimate of drug-likeness (QED) is 0.0714. The van der Waals surface area contributed by atoms with Crippen LogP contribution >= 0.6 is 23.2 Å². The Hall–Kier alpha value is -2.35. The van der Waals surface area contributed by atoms with Gasteiger partial charge in [0.2, 0.25) is 0 Å². The number of hydrogen-bond acceptors (Lipinski definition) is 4. The molecule has 0 atom stereocenters. The van der Waals surface area contributed by atoms with E-state index >= 15 is 0 Å². The van der Waals surface area contributed by atoms with Gasteiger partial charge in [-0.15, -0.1) is 0 Å². The molecule has 0 aliphatic heterocycles. The average Bonchev–Trinajstić information content (AvgIpc) is 3.11. The minimum absolute atomic E-state index is 2.10. The summed E-state index contributed by atoms with van der Waals surface area (Å²) in [6.45, 7) is -9.82. The van der Waals surface area contributed by atoms with Crippen molar-refractivity contribution in [3.63, 3.8) is 0 Å². The lowest BCUT2D eigenvalue weighted by molar-refractivity contribution is -0.467. The van der Waals surface area contributed by atoms with Crippen LogP contribution in [0.5, 0.6) is 0 Å². The van der Waals surface area contributed by atoms with Crippen LogP contribution in [0.1, 0.15) is 0 Å². The highest BCUT2D eigenvalue weighted by atomic mass is 35.5. The Morgan fingerprint density at radius 1 is 0.232 bits per heavy atom. The molecule has 0 rings (SSSR count). The van der Waals surface area contributed by atoms with Gasteiger partial charge in [-0.25, -0.2) is 8.37 Å². The minimum atomic E-state index is -9.75.